The van der Waals surface area contributed by atoms with Crippen LogP contribution >= 0.6 is 23.1 Å². The minimum atomic E-state index is -0.442. The minimum absolute atomic E-state index is 0.127. The monoisotopic (exact) mass is 473 g/mol. The molecule has 0 aliphatic heterocycles. The number of thiazole rings is 1. The van der Waals surface area contributed by atoms with Crippen molar-refractivity contribution in [1.82, 2.24) is 4.98 Å². The lowest BCUT2D eigenvalue weighted by Gasteiger charge is -2.16. The zero-order valence-corrected chi connectivity index (χ0v) is 19.9. The Balaban J connectivity index is 1.48. The highest BCUT2D eigenvalue weighted by molar-refractivity contribution is 8.00. The number of carbonyl (C=O) groups excluding carboxylic acids is 2. The van der Waals surface area contributed by atoms with Crippen molar-refractivity contribution in [2.75, 3.05) is 10.6 Å². The molecule has 2 amide bonds. The maximum absolute atomic E-state index is 13.1. The Morgan fingerprint density at radius 2 is 1.67 bits per heavy atom. The van der Waals surface area contributed by atoms with Crippen molar-refractivity contribution in [2.24, 2.45) is 0 Å². The van der Waals surface area contributed by atoms with Gasteiger partial charge in [0.15, 0.2) is 5.13 Å². The quantitative estimate of drug-likeness (QED) is 0.301. The van der Waals surface area contributed by atoms with E-state index < -0.39 is 5.25 Å². The summed E-state index contributed by atoms with van der Waals surface area (Å²) in [5, 5.41) is 7.91. The number of aromatic nitrogens is 1. The van der Waals surface area contributed by atoms with E-state index in [0.717, 1.165) is 21.7 Å². The Morgan fingerprint density at radius 1 is 0.909 bits per heavy atom. The van der Waals surface area contributed by atoms with E-state index in [1.54, 1.807) is 6.07 Å². The van der Waals surface area contributed by atoms with Crippen LogP contribution in [0.3, 0.4) is 0 Å². The van der Waals surface area contributed by atoms with Gasteiger partial charge >= 0.3 is 0 Å². The van der Waals surface area contributed by atoms with Gasteiger partial charge in [0, 0.05) is 21.5 Å². The smallest absolute Gasteiger partial charge is 0.255 e. The number of nitrogens with one attached hydrogen (secondary N) is 2. The molecule has 0 spiro atoms. The third kappa shape index (κ3) is 6.09. The summed E-state index contributed by atoms with van der Waals surface area (Å²) in [5.41, 5.74) is 4.14. The standard InChI is InChI=1S/C26H23N3O2S2/c1-17-7-6-10-20(15-17)24(30)28-21-11-13-22(14-12-21)33-23(19-8-4-3-5-9-19)25(31)29-26-27-18(2)16-32-26/h3-16,23H,1-2H3,(H,28,30)(H,27,29,31). The molecule has 0 fully saturated rings. The van der Waals surface area contributed by atoms with Crippen LogP contribution in [0.2, 0.25) is 0 Å². The van der Waals surface area contributed by atoms with E-state index in [4.69, 9.17) is 0 Å². The molecule has 0 saturated carbocycles. The zero-order valence-electron chi connectivity index (χ0n) is 18.2. The molecule has 0 aliphatic rings. The number of rotatable bonds is 7. The zero-order chi connectivity index (χ0) is 23.2. The number of anilines is 2. The second-order valence-corrected chi connectivity index (χ2v) is 9.58. The molecule has 33 heavy (non-hydrogen) atoms. The highest BCUT2D eigenvalue weighted by Crippen LogP contribution is 2.37. The Bertz CT molecular complexity index is 1250. The van der Waals surface area contributed by atoms with Crippen LogP contribution < -0.4 is 10.6 Å². The van der Waals surface area contributed by atoms with Gasteiger partial charge in [0.25, 0.3) is 5.91 Å². The van der Waals surface area contributed by atoms with Crippen molar-refractivity contribution in [1.29, 1.82) is 0 Å². The molecule has 0 bridgehead atoms. The summed E-state index contributed by atoms with van der Waals surface area (Å²) in [7, 11) is 0. The maximum atomic E-state index is 13.1. The van der Waals surface area contributed by atoms with E-state index >= 15 is 0 Å². The molecule has 0 saturated heterocycles. The fraction of sp³-hybridized carbons (Fsp3) is 0.115. The van der Waals surface area contributed by atoms with Crippen molar-refractivity contribution in [3.8, 4) is 0 Å². The number of hydrogen-bond acceptors (Lipinski definition) is 5. The summed E-state index contributed by atoms with van der Waals surface area (Å²) >= 11 is 2.86. The predicted octanol–water partition coefficient (Wildman–Crippen LogP) is 6.48. The Labute approximate surface area is 201 Å². The average molecular weight is 474 g/mol. The molecule has 1 heterocycles. The number of benzene rings is 3. The summed E-state index contributed by atoms with van der Waals surface area (Å²) in [4.78, 5) is 30.9. The van der Waals surface area contributed by atoms with Gasteiger partial charge in [0.05, 0.1) is 5.69 Å². The van der Waals surface area contributed by atoms with Gasteiger partial charge in [-0.25, -0.2) is 4.98 Å². The molecular weight excluding hydrogens is 450 g/mol. The highest BCUT2D eigenvalue weighted by atomic mass is 32.2. The van der Waals surface area contributed by atoms with Crippen LogP contribution in [-0.2, 0) is 4.79 Å². The van der Waals surface area contributed by atoms with Gasteiger partial charge in [-0.05, 0) is 55.8 Å². The number of carbonyl (C=O) groups is 2. The first-order valence-electron chi connectivity index (χ1n) is 10.4. The molecular formula is C26H23N3O2S2. The molecule has 0 aliphatic carbocycles. The first-order chi connectivity index (χ1) is 16.0. The Morgan fingerprint density at radius 3 is 2.33 bits per heavy atom. The van der Waals surface area contributed by atoms with Crippen molar-refractivity contribution in [3.63, 3.8) is 0 Å². The lowest BCUT2D eigenvalue weighted by Crippen LogP contribution is -2.19. The van der Waals surface area contributed by atoms with Crippen LogP contribution in [0.1, 0.15) is 32.4 Å². The van der Waals surface area contributed by atoms with Gasteiger partial charge in [-0.2, -0.15) is 0 Å². The van der Waals surface area contributed by atoms with Gasteiger partial charge in [-0.15, -0.1) is 23.1 Å². The third-order valence-corrected chi connectivity index (χ3v) is 6.98. The van der Waals surface area contributed by atoms with E-state index in [1.807, 2.05) is 92.0 Å². The van der Waals surface area contributed by atoms with E-state index in [-0.39, 0.29) is 11.8 Å². The van der Waals surface area contributed by atoms with E-state index in [1.165, 1.54) is 23.1 Å². The van der Waals surface area contributed by atoms with Crippen molar-refractivity contribution >= 4 is 45.7 Å². The molecule has 5 nitrogen and oxygen atoms in total. The van der Waals surface area contributed by atoms with Gasteiger partial charge < -0.3 is 10.6 Å². The fourth-order valence-corrected chi connectivity index (χ4v) is 4.94. The summed E-state index contributed by atoms with van der Waals surface area (Å²) in [5.74, 6) is -0.281. The summed E-state index contributed by atoms with van der Waals surface area (Å²) in [6.45, 7) is 3.85. The van der Waals surface area contributed by atoms with Crippen molar-refractivity contribution in [3.05, 3.63) is 107 Å². The van der Waals surface area contributed by atoms with Gasteiger partial charge in [-0.1, -0.05) is 48.0 Å². The number of nitrogens with zero attached hydrogens (tertiary/aromatic N) is 1. The van der Waals surface area contributed by atoms with Gasteiger partial charge in [-0.3, -0.25) is 9.59 Å². The third-order valence-electron chi connectivity index (χ3n) is 4.84. The predicted molar refractivity (Wildman–Crippen MR) is 136 cm³/mol. The molecule has 1 atom stereocenters. The van der Waals surface area contributed by atoms with Gasteiger partial charge in [0.2, 0.25) is 5.91 Å². The lowest BCUT2D eigenvalue weighted by molar-refractivity contribution is -0.115. The molecule has 0 radical (unpaired) electrons. The molecule has 4 rings (SSSR count). The van der Waals surface area contributed by atoms with Crippen LogP contribution in [0.15, 0.2) is 89.1 Å². The average Bonchev–Trinajstić information content (AvgIpc) is 3.23. The maximum Gasteiger partial charge on any atom is 0.255 e. The van der Waals surface area contributed by atoms with Crippen LogP contribution in [0, 0.1) is 13.8 Å². The second kappa shape index (κ2) is 10.5. The molecule has 1 aromatic heterocycles. The first kappa shape index (κ1) is 22.8. The molecule has 1 unspecified atom stereocenters. The van der Waals surface area contributed by atoms with E-state index in [2.05, 4.69) is 15.6 Å². The van der Waals surface area contributed by atoms with E-state index in [9.17, 15) is 9.59 Å². The van der Waals surface area contributed by atoms with Crippen LogP contribution in [0.25, 0.3) is 0 Å². The Kier molecular flexibility index (Phi) is 7.22. The second-order valence-electron chi connectivity index (χ2n) is 7.54. The summed E-state index contributed by atoms with van der Waals surface area (Å²) in [6, 6.07) is 24.7. The summed E-state index contributed by atoms with van der Waals surface area (Å²) in [6.07, 6.45) is 0. The van der Waals surface area contributed by atoms with Crippen LogP contribution in [-0.4, -0.2) is 16.8 Å². The molecule has 7 heteroatoms. The minimum Gasteiger partial charge on any atom is -0.322 e. The summed E-state index contributed by atoms with van der Waals surface area (Å²) < 4.78 is 0. The number of aryl methyl sites for hydroxylation is 2. The lowest BCUT2D eigenvalue weighted by atomic mass is 10.1. The van der Waals surface area contributed by atoms with Crippen molar-refractivity contribution in [2.45, 2.75) is 24.0 Å². The normalized spacial score (nSPS) is 11.6. The highest BCUT2D eigenvalue weighted by Gasteiger charge is 2.23. The molecule has 3 aromatic carbocycles. The van der Waals surface area contributed by atoms with Crippen LogP contribution in [0.4, 0.5) is 10.8 Å². The topological polar surface area (TPSA) is 71.1 Å². The van der Waals surface area contributed by atoms with Crippen LogP contribution in [0.5, 0.6) is 0 Å². The fourth-order valence-electron chi connectivity index (χ4n) is 3.23. The molecule has 4 aromatic rings. The number of thioether (sulfide) groups is 1. The number of amides is 2. The largest absolute Gasteiger partial charge is 0.322 e. The first-order valence-corrected chi connectivity index (χ1v) is 12.2. The van der Waals surface area contributed by atoms with Crippen molar-refractivity contribution < 1.29 is 9.59 Å². The molecule has 166 valence electrons. The van der Waals surface area contributed by atoms with E-state index in [0.29, 0.717) is 16.4 Å². The molecule has 2 N–H and O–H groups in total. The Hall–Kier alpha value is -3.42. The van der Waals surface area contributed by atoms with Gasteiger partial charge in [0.1, 0.15) is 5.25 Å². The SMILES string of the molecule is Cc1cccc(C(=O)Nc2ccc(SC(C(=O)Nc3nc(C)cs3)c3ccccc3)cc2)c1. The number of hydrogen-bond donors (Lipinski definition) is 2.